The first-order chi connectivity index (χ1) is 9.74. The lowest BCUT2D eigenvalue weighted by Crippen LogP contribution is -2.35. The highest BCUT2D eigenvalue weighted by Crippen LogP contribution is 2.54. The van der Waals surface area contributed by atoms with Crippen LogP contribution >= 0.6 is 0 Å². The minimum Gasteiger partial charge on any atom is -0.508 e. The van der Waals surface area contributed by atoms with Crippen LogP contribution in [-0.2, 0) is 11.3 Å². The first kappa shape index (κ1) is 11.6. The van der Waals surface area contributed by atoms with Gasteiger partial charge in [0.2, 0.25) is 0 Å². The Balaban J connectivity index is 1.41. The Morgan fingerprint density at radius 3 is 3.00 bits per heavy atom. The summed E-state index contributed by atoms with van der Waals surface area (Å²) in [6, 6.07) is 6.99. The van der Waals surface area contributed by atoms with Gasteiger partial charge < -0.3 is 10.4 Å². The van der Waals surface area contributed by atoms with Crippen molar-refractivity contribution in [2.75, 3.05) is 0 Å². The van der Waals surface area contributed by atoms with Crippen LogP contribution in [-0.4, -0.2) is 22.4 Å². The minimum atomic E-state index is -0.168. The molecule has 3 aliphatic rings. The van der Waals surface area contributed by atoms with Gasteiger partial charge >= 0.3 is 0 Å². The smallest absolute Gasteiger partial charge is 0.268 e. The third-order valence-corrected chi connectivity index (χ3v) is 4.46. The molecule has 5 heteroatoms. The molecule has 2 fully saturated rings. The summed E-state index contributed by atoms with van der Waals surface area (Å²) < 4.78 is 0. The Morgan fingerprint density at radius 1 is 1.30 bits per heavy atom. The first-order valence-electron chi connectivity index (χ1n) is 6.94. The van der Waals surface area contributed by atoms with Gasteiger partial charge in [0, 0.05) is 23.9 Å². The molecular formula is C15H15N3O2. The van der Waals surface area contributed by atoms with Crippen molar-refractivity contribution in [2.24, 2.45) is 28.0 Å². The number of phenolic OH excluding ortho intramolecular Hbond substituents is 1. The van der Waals surface area contributed by atoms with E-state index in [1.54, 1.807) is 18.2 Å². The van der Waals surface area contributed by atoms with Gasteiger partial charge in [-0.25, -0.2) is 0 Å². The number of hydrogen-bond acceptors (Lipinski definition) is 4. The molecule has 4 rings (SSSR count). The lowest BCUT2D eigenvalue weighted by atomic mass is 9.96. The lowest BCUT2D eigenvalue weighted by Gasteiger charge is -2.11. The summed E-state index contributed by atoms with van der Waals surface area (Å²) in [5, 5.41) is 20.7. The molecule has 0 saturated heterocycles. The molecule has 2 saturated carbocycles. The van der Waals surface area contributed by atoms with Crippen LogP contribution in [0.1, 0.15) is 18.4 Å². The number of para-hydroxylation sites is 1. The van der Waals surface area contributed by atoms with Crippen LogP contribution in [0.4, 0.5) is 0 Å². The Kier molecular flexibility index (Phi) is 2.42. The van der Waals surface area contributed by atoms with Crippen molar-refractivity contribution in [3.8, 4) is 5.75 Å². The van der Waals surface area contributed by atoms with Crippen LogP contribution in [0.2, 0.25) is 0 Å². The molecule has 0 spiro atoms. The number of rotatable bonds is 3. The van der Waals surface area contributed by atoms with E-state index in [-0.39, 0.29) is 17.6 Å². The number of hydrogen-bond donors (Lipinski definition) is 2. The molecule has 1 heterocycles. The van der Waals surface area contributed by atoms with Crippen molar-refractivity contribution in [2.45, 2.75) is 19.4 Å². The van der Waals surface area contributed by atoms with E-state index in [2.05, 4.69) is 15.5 Å². The second-order valence-electron chi connectivity index (χ2n) is 5.71. The molecule has 1 aromatic rings. The fourth-order valence-electron chi connectivity index (χ4n) is 3.26. The van der Waals surface area contributed by atoms with E-state index in [1.165, 1.54) is 6.42 Å². The van der Waals surface area contributed by atoms with Crippen molar-refractivity contribution < 1.29 is 9.90 Å². The van der Waals surface area contributed by atoms with E-state index in [1.807, 2.05) is 6.07 Å². The van der Waals surface area contributed by atoms with Gasteiger partial charge in [-0.05, 0) is 24.8 Å². The van der Waals surface area contributed by atoms with E-state index in [4.69, 9.17) is 0 Å². The SMILES string of the molecule is O=C(NCc1ccccc1O)C1=NN=C2C1CC1CC21. The molecule has 3 unspecified atom stereocenters. The normalized spacial score (nSPS) is 29.3. The number of phenols is 1. The summed E-state index contributed by atoms with van der Waals surface area (Å²) in [5.41, 5.74) is 2.36. The molecule has 3 atom stereocenters. The molecule has 102 valence electrons. The Morgan fingerprint density at radius 2 is 2.15 bits per heavy atom. The second kappa shape index (κ2) is 4.16. The summed E-state index contributed by atoms with van der Waals surface area (Å²) in [5.74, 6) is 1.49. The van der Waals surface area contributed by atoms with Gasteiger partial charge in [-0.15, -0.1) is 5.10 Å². The second-order valence-corrected chi connectivity index (χ2v) is 5.71. The summed E-state index contributed by atoms with van der Waals surface area (Å²) in [6.07, 6.45) is 2.24. The average Bonchev–Trinajstić information content (AvgIpc) is 2.93. The highest BCUT2D eigenvalue weighted by molar-refractivity contribution is 6.45. The van der Waals surface area contributed by atoms with Crippen LogP contribution in [0.25, 0.3) is 0 Å². The number of carbonyl (C=O) groups excluding carboxylic acids is 1. The predicted octanol–water partition coefficient (Wildman–Crippen LogP) is 1.47. The van der Waals surface area contributed by atoms with Gasteiger partial charge in [0.25, 0.3) is 5.91 Å². The molecule has 0 aromatic heterocycles. The van der Waals surface area contributed by atoms with Crippen LogP contribution < -0.4 is 5.32 Å². The van der Waals surface area contributed by atoms with Crippen LogP contribution in [0, 0.1) is 17.8 Å². The van der Waals surface area contributed by atoms with Crippen LogP contribution in [0.3, 0.4) is 0 Å². The van der Waals surface area contributed by atoms with Gasteiger partial charge in [0.15, 0.2) is 0 Å². The third kappa shape index (κ3) is 1.73. The van der Waals surface area contributed by atoms with E-state index >= 15 is 0 Å². The van der Waals surface area contributed by atoms with Gasteiger partial charge in [0.05, 0.1) is 5.71 Å². The molecule has 2 N–H and O–H groups in total. The van der Waals surface area contributed by atoms with Crippen molar-refractivity contribution >= 4 is 17.3 Å². The number of nitrogens with zero attached hydrogens (tertiary/aromatic N) is 2. The van der Waals surface area contributed by atoms with Crippen LogP contribution in [0.5, 0.6) is 5.75 Å². The summed E-state index contributed by atoms with van der Waals surface area (Å²) >= 11 is 0. The molecule has 2 aliphatic carbocycles. The monoisotopic (exact) mass is 269 g/mol. The summed E-state index contributed by atoms with van der Waals surface area (Å²) in [4.78, 5) is 12.2. The molecule has 20 heavy (non-hydrogen) atoms. The Hall–Kier alpha value is -2.17. The van der Waals surface area contributed by atoms with Crippen molar-refractivity contribution in [1.29, 1.82) is 0 Å². The van der Waals surface area contributed by atoms with E-state index in [9.17, 15) is 9.90 Å². The van der Waals surface area contributed by atoms with Gasteiger partial charge in [-0.2, -0.15) is 5.10 Å². The largest absolute Gasteiger partial charge is 0.508 e. The lowest BCUT2D eigenvalue weighted by molar-refractivity contribution is -0.115. The topological polar surface area (TPSA) is 74.0 Å². The summed E-state index contributed by atoms with van der Waals surface area (Å²) in [6.45, 7) is 0.305. The number of nitrogens with one attached hydrogen (secondary N) is 1. The standard InChI is InChI=1S/C15H15N3O2/c19-12-4-2-1-3-8(12)7-16-15(20)14-11-6-9-5-10(9)13(11)17-18-14/h1-4,9-11,19H,5-7H2,(H,16,20). The number of fused-ring (bicyclic) bond motifs is 3. The maximum Gasteiger partial charge on any atom is 0.268 e. The fourth-order valence-corrected chi connectivity index (χ4v) is 3.26. The summed E-state index contributed by atoms with van der Waals surface area (Å²) in [7, 11) is 0. The van der Waals surface area contributed by atoms with Gasteiger partial charge in [-0.3, -0.25) is 4.79 Å². The van der Waals surface area contributed by atoms with E-state index in [0.717, 1.165) is 18.1 Å². The highest BCUT2D eigenvalue weighted by atomic mass is 16.3. The molecule has 0 radical (unpaired) electrons. The minimum absolute atomic E-state index is 0.142. The molecule has 1 aromatic carbocycles. The number of carbonyl (C=O) groups is 1. The zero-order valence-electron chi connectivity index (χ0n) is 10.9. The van der Waals surface area contributed by atoms with Crippen molar-refractivity contribution in [3.63, 3.8) is 0 Å². The number of benzene rings is 1. The predicted molar refractivity (Wildman–Crippen MR) is 74.5 cm³/mol. The quantitative estimate of drug-likeness (QED) is 0.872. The fraction of sp³-hybridized carbons (Fsp3) is 0.400. The zero-order chi connectivity index (χ0) is 13.7. The van der Waals surface area contributed by atoms with Crippen molar-refractivity contribution in [1.82, 2.24) is 5.32 Å². The Bertz CT molecular complexity index is 650. The third-order valence-electron chi connectivity index (χ3n) is 4.46. The van der Waals surface area contributed by atoms with Gasteiger partial charge in [-0.1, -0.05) is 18.2 Å². The van der Waals surface area contributed by atoms with E-state index < -0.39 is 0 Å². The first-order valence-corrected chi connectivity index (χ1v) is 6.94. The maximum atomic E-state index is 12.2. The average molecular weight is 269 g/mol. The molecule has 1 aliphatic heterocycles. The number of amides is 1. The molecule has 5 nitrogen and oxygen atoms in total. The molecule has 0 bridgehead atoms. The Labute approximate surface area is 116 Å². The van der Waals surface area contributed by atoms with E-state index in [0.29, 0.717) is 23.7 Å². The van der Waals surface area contributed by atoms with Crippen LogP contribution in [0.15, 0.2) is 34.5 Å². The maximum absolute atomic E-state index is 12.2. The zero-order valence-corrected chi connectivity index (χ0v) is 10.9. The highest BCUT2D eigenvalue weighted by Gasteiger charge is 2.55. The van der Waals surface area contributed by atoms with Gasteiger partial charge in [0.1, 0.15) is 11.5 Å². The molecular weight excluding hydrogens is 254 g/mol. The number of aromatic hydroxyl groups is 1. The van der Waals surface area contributed by atoms with Crippen molar-refractivity contribution in [3.05, 3.63) is 29.8 Å². The molecule has 1 amide bonds.